The third-order valence-corrected chi connectivity index (χ3v) is 7.46. The normalized spacial score (nSPS) is 13.8. The Kier molecular flexibility index (Phi) is 11.7. The molecule has 10 nitrogen and oxygen atoms in total. The first-order chi connectivity index (χ1) is 18.7. The molecule has 0 aliphatic carbocycles. The number of halogens is 3. The van der Waals surface area contributed by atoms with Crippen LogP contribution in [0.5, 0.6) is 0 Å². The van der Waals surface area contributed by atoms with Crippen LogP contribution in [0, 0.1) is 0 Å². The maximum Gasteiger partial charge on any atom is 0.490 e. The van der Waals surface area contributed by atoms with Gasteiger partial charge in [-0.25, -0.2) is 18.2 Å². The number of nitrogens with zero attached hydrogens (tertiary/aromatic N) is 3. The molecule has 1 aromatic carbocycles. The second-order valence-corrected chi connectivity index (χ2v) is 11.2. The average molecular weight is 588 g/mol. The number of rotatable bonds is 9. The van der Waals surface area contributed by atoms with Crippen molar-refractivity contribution in [1.82, 2.24) is 15.2 Å². The molecule has 1 aromatic heterocycles. The molecule has 0 unspecified atom stereocenters. The maximum absolute atomic E-state index is 13.3. The van der Waals surface area contributed by atoms with Gasteiger partial charge in [0, 0.05) is 39.8 Å². The van der Waals surface area contributed by atoms with Crippen LogP contribution in [0.15, 0.2) is 41.4 Å². The fourth-order valence-electron chi connectivity index (χ4n) is 3.75. The first-order valence-electron chi connectivity index (χ1n) is 12.8. The Morgan fingerprint density at radius 1 is 1.18 bits per heavy atom. The molecule has 1 aliphatic rings. The average Bonchev–Trinajstić information content (AvgIpc) is 2.91. The lowest BCUT2D eigenvalue weighted by atomic mass is 10.0. The van der Waals surface area contributed by atoms with Gasteiger partial charge in [0.1, 0.15) is 5.82 Å². The summed E-state index contributed by atoms with van der Waals surface area (Å²) in [6.07, 6.45) is -1.71. The smallest absolute Gasteiger partial charge is 0.475 e. The SMILES string of the molecule is CCCCN(C)C(=O)c1cc(NS(=O)(=O)c2ccc(C(C)C)cc2)cnc1N1CCNCC1.O=C(O)C(F)(F)F. The number of nitrogens with one attached hydrogen (secondary N) is 2. The third kappa shape index (κ3) is 9.37. The van der Waals surface area contributed by atoms with Crippen LogP contribution in [-0.2, 0) is 14.8 Å². The van der Waals surface area contributed by atoms with E-state index in [9.17, 15) is 26.4 Å². The Labute approximate surface area is 232 Å². The summed E-state index contributed by atoms with van der Waals surface area (Å²) in [6.45, 7) is 9.92. The number of piperazine rings is 1. The summed E-state index contributed by atoms with van der Waals surface area (Å²) in [7, 11) is -2.04. The van der Waals surface area contributed by atoms with Gasteiger partial charge >= 0.3 is 12.1 Å². The molecule has 3 rings (SSSR count). The number of hydrogen-bond donors (Lipinski definition) is 3. The topological polar surface area (TPSA) is 132 Å². The molecular formula is C26H36F3N5O5S. The van der Waals surface area contributed by atoms with Crippen LogP contribution in [0.3, 0.4) is 0 Å². The predicted molar refractivity (Wildman–Crippen MR) is 146 cm³/mol. The zero-order valence-electron chi connectivity index (χ0n) is 23.0. The fraction of sp³-hybridized carbons (Fsp3) is 0.500. The van der Waals surface area contributed by atoms with Crippen molar-refractivity contribution in [1.29, 1.82) is 0 Å². The van der Waals surface area contributed by atoms with E-state index in [2.05, 4.69) is 40.7 Å². The van der Waals surface area contributed by atoms with E-state index in [-0.39, 0.29) is 16.5 Å². The minimum absolute atomic E-state index is 0.160. The lowest BCUT2D eigenvalue weighted by Gasteiger charge is -2.30. The van der Waals surface area contributed by atoms with Crippen LogP contribution in [0.4, 0.5) is 24.7 Å². The molecule has 0 spiro atoms. The van der Waals surface area contributed by atoms with E-state index in [0.717, 1.165) is 44.6 Å². The first kappa shape index (κ1) is 32.8. The largest absolute Gasteiger partial charge is 0.490 e. The highest BCUT2D eigenvalue weighted by molar-refractivity contribution is 7.92. The van der Waals surface area contributed by atoms with Crippen LogP contribution < -0.4 is 14.9 Å². The number of amides is 1. The number of pyridine rings is 1. The maximum atomic E-state index is 13.3. The van der Waals surface area contributed by atoms with Crippen LogP contribution >= 0.6 is 0 Å². The van der Waals surface area contributed by atoms with Gasteiger partial charge in [-0.1, -0.05) is 39.3 Å². The number of sulfonamides is 1. The van der Waals surface area contributed by atoms with E-state index in [1.54, 1.807) is 30.1 Å². The van der Waals surface area contributed by atoms with Crippen LogP contribution in [0.2, 0.25) is 0 Å². The Bertz CT molecular complexity index is 1250. The summed E-state index contributed by atoms with van der Waals surface area (Å²) in [5.41, 5.74) is 1.75. The summed E-state index contributed by atoms with van der Waals surface area (Å²) in [5, 5.41) is 10.4. The summed E-state index contributed by atoms with van der Waals surface area (Å²) >= 11 is 0. The number of unbranched alkanes of at least 4 members (excludes halogenated alkanes) is 1. The number of carboxylic acids is 1. The number of carbonyl (C=O) groups is 2. The number of aliphatic carboxylic acids is 1. The predicted octanol–water partition coefficient (Wildman–Crippen LogP) is 3.92. The number of aromatic nitrogens is 1. The molecule has 2 aromatic rings. The van der Waals surface area contributed by atoms with E-state index in [1.807, 2.05) is 12.1 Å². The Hall–Kier alpha value is -3.39. The molecule has 2 heterocycles. The monoisotopic (exact) mass is 587 g/mol. The molecule has 222 valence electrons. The summed E-state index contributed by atoms with van der Waals surface area (Å²) in [6, 6.07) is 8.45. The molecule has 3 N–H and O–H groups in total. The molecule has 1 aliphatic heterocycles. The van der Waals surface area contributed by atoms with Gasteiger partial charge in [0.05, 0.1) is 22.3 Å². The molecule has 14 heteroatoms. The van der Waals surface area contributed by atoms with Crippen LogP contribution in [0.1, 0.15) is 55.5 Å². The molecule has 40 heavy (non-hydrogen) atoms. The van der Waals surface area contributed by atoms with Gasteiger partial charge in [-0.15, -0.1) is 0 Å². The molecular weight excluding hydrogens is 551 g/mol. The van der Waals surface area contributed by atoms with Gasteiger partial charge in [-0.2, -0.15) is 13.2 Å². The number of carboxylic acid groups (broad SMARTS) is 1. The van der Waals surface area contributed by atoms with E-state index in [0.29, 0.717) is 23.8 Å². The molecule has 0 bridgehead atoms. The van der Waals surface area contributed by atoms with Crippen molar-refractivity contribution >= 4 is 33.4 Å². The summed E-state index contributed by atoms with van der Waals surface area (Å²) in [4.78, 5) is 30.6. The van der Waals surface area contributed by atoms with Gasteiger partial charge in [-0.05, 0) is 36.1 Å². The molecule has 1 saturated heterocycles. The Morgan fingerprint density at radius 2 is 1.75 bits per heavy atom. The molecule has 1 amide bonds. The number of alkyl halides is 3. The highest BCUT2D eigenvalue weighted by atomic mass is 32.2. The first-order valence-corrected chi connectivity index (χ1v) is 14.3. The van der Waals surface area contributed by atoms with Crippen molar-refractivity contribution in [2.24, 2.45) is 0 Å². The van der Waals surface area contributed by atoms with Crippen molar-refractivity contribution < 1.29 is 36.3 Å². The van der Waals surface area contributed by atoms with E-state index >= 15 is 0 Å². The summed E-state index contributed by atoms with van der Waals surface area (Å²) in [5.74, 6) is -2.01. The fourth-order valence-corrected chi connectivity index (χ4v) is 4.78. The zero-order valence-corrected chi connectivity index (χ0v) is 23.8. The number of benzene rings is 1. The van der Waals surface area contributed by atoms with Gasteiger partial charge < -0.3 is 20.2 Å². The second kappa shape index (κ2) is 14.3. The summed E-state index contributed by atoms with van der Waals surface area (Å²) < 4.78 is 60.3. The minimum Gasteiger partial charge on any atom is -0.475 e. The Morgan fingerprint density at radius 3 is 2.25 bits per heavy atom. The van der Waals surface area contributed by atoms with Gasteiger partial charge in [0.15, 0.2) is 0 Å². The van der Waals surface area contributed by atoms with Gasteiger partial charge in [-0.3, -0.25) is 9.52 Å². The lowest BCUT2D eigenvalue weighted by molar-refractivity contribution is -0.192. The van der Waals surface area contributed by atoms with Crippen molar-refractivity contribution in [3.05, 3.63) is 47.7 Å². The van der Waals surface area contributed by atoms with Crippen LogP contribution in [-0.4, -0.2) is 81.2 Å². The highest BCUT2D eigenvalue weighted by Crippen LogP contribution is 2.26. The quantitative estimate of drug-likeness (QED) is 0.402. The van der Waals surface area contributed by atoms with E-state index < -0.39 is 22.2 Å². The van der Waals surface area contributed by atoms with E-state index in [1.165, 1.54) is 6.20 Å². The van der Waals surface area contributed by atoms with Gasteiger partial charge in [0.25, 0.3) is 15.9 Å². The van der Waals surface area contributed by atoms with Crippen LogP contribution in [0.25, 0.3) is 0 Å². The van der Waals surface area contributed by atoms with Crippen molar-refractivity contribution in [2.45, 2.75) is 50.6 Å². The van der Waals surface area contributed by atoms with E-state index in [4.69, 9.17) is 9.90 Å². The number of anilines is 2. The highest BCUT2D eigenvalue weighted by Gasteiger charge is 2.38. The minimum atomic E-state index is -5.08. The molecule has 0 atom stereocenters. The third-order valence-electron chi connectivity index (χ3n) is 6.06. The second-order valence-electron chi connectivity index (χ2n) is 9.54. The van der Waals surface area contributed by atoms with Gasteiger partial charge in [0.2, 0.25) is 0 Å². The number of carbonyl (C=O) groups excluding carboxylic acids is 1. The Balaban J connectivity index is 0.000000708. The molecule has 1 fully saturated rings. The lowest BCUT2D eigenvalue weighted by Crippen LogP contribution is -2.45. The van der Waals surface area contributed by atoms with Crippen molar-refractivity contribution in [3.63, 3.8) is 0 Å². The molecule has 0 saturated carbocycles. The molecule has 0 radical (unpaired) electrons. The number of hydrogen-bond acceptors (Lipinski definition) is 7. The van der Waals surface area contributed by atoms with Crippen molar-refractivity contribution in [3.8, 4) is 0 Å². The zero-order chi connectivity index (χ0) is 30.1. The van der Waals surface area contributed by atoms with Crippen molar-refractivity contribution in [2.75, 3.05) is 49.4 Å². The standard InChI is InChI=1S/C24H35N5O3S.C2HF3O2/c1-5-6-13-28(4)24(30)22-16-20(17-26-23(22)29-14-11-25-12-15-29)27-33(31,32)21-9-7-19(8-10-21)18(2)3;3-2(4,5)1(6)7/h7-10,16-18,25,27H,5-6,11-15H2,1-4H3;(H,6,7).